The second kappa shape index (κ2) is 4.90. The van der Waals surface area contributed by atoms with Crippen molar-refractivity contribution in [3.05, 3.63) is 38.3 Å². The van der Waals surface area contributed by atoms with Gasteiger partial charge in [-0.05, 0) is 34.8 Å². The molecule has 0 bridgehead atoms. The average Bonchev–Trinajstić information content (AvgIpc) is 2.20. The van der Waals surface area contributed by atoms with Gasteiger partial charge in [-0.2, -0.15) is 0 Å². The van der Waals surface area contributed by atoms with Gasteiger partial charge in [0, 0.05) is 11.6 Å². The quantitative estimate of drug-likeness (QED) is 0.651. The Morgan fingerprint density at radius 2 is 2.25 bits per heavy atom. The van der Waals surface area contributed by atoms with Crippen LogP contribution in [0.4, 0.5) is 5.69 Å². The molecule has 0 aliphatic carbocycles. The third kappa shape index (κ3) is 3.01. The smallest absolute Gasteiger partial charge is 0.283 e. The Morgan fingerprint density at radius 3 is 2.75 bits per heavy atom. The van der Waals surface area contributed by atoms with E-state index in [1.54, 1.807) is 19.1 Å². The van der Waals surface area contributed by atoms with Crippen LogP contribution in [0.3, 0.4) is 0 Å². The molecule has 16 heavy (non-hydrogen) atoms. The molecule has 1 unspecified atom stereocenters. The van der Waals surface area contributed by atoms with Crippen LogP contribution in [0.25, 0.3) is 0 Å². The minimum Gasteiger partial charge on any atom is -0.394 e. The van der Waals surface area contributed by atoms with E-state index in [-0.39, 0.29) is 12.3 Å². The number of nitrogens with zero attached hydrogens (tertiary/aromatic N) is 1. The maximum Gasteiger partial charge on any atom is 0.283 e. The molecule has 0 aliphatic heterocycles. The molecule has 0 heterocycles. The van der Waals surface area contributed by atoms with Crippen molar-refractivity contribution in [3.63, 3.8) is 0 Å². The van der Waals surface area contributed by atoms with E-state index in [0.29, 0.717) is 16.5 Å². The van der Waals surface area contributed by atoms with Crippen molar-refractivity contribution in [2.45, 2.75) is 18.9 Å². The lowest BCUT2D eigenvalue weighted by molar-refractivity contribution is -0.385. The minimum absolute atomic E-state index is 0.00578. The highest BCUT2D eigenvalue weighted by Gasteiger charge is 2.22. The summed E-state index contributed by atoms with van der Waals surface area (Å²) < 4.78 is 0.421. The van der Waals surface area contributed by atoms with Crippen molar-refractivity contribution < 1.29 is 10.0 Å². The zero-order valence-corrected chi connectivity index (χ0v) is 10.4. The minimum atomic E-state index is -0.780. The molecular formula is C10H13BrN2O3. The molecular weight excluding hydrogens is 276 g/mol. The number of hydrogen-bond acceptors (Lipinski definition) is 4. The van der Waals surface area contributed by atoms with Crippen LogP contribution >= 0.6 is 15.9 Å². The lowest BCUT2D eigenvalue weighted by Gasteiger charge is -2.22. The van der Waals surface area contributed by atoms with Crippen LogP contribution in [0.15, 0.2) is 22.7 Å². The highest BCUT2D eigenvalue weighted by atomic mass is 79.9. The third-order valence-electron chi connectivity index (χ3n) is 2.21. The van der Waals surface area contributed by atoms with Crippen LogP contribution in [0.2, 0.25) is 0 Å². The van der Waals surface area contributed by atoms with Gasteiger partial charge in [-0.3, -0.25) is 10.1 Å². The summed E-state index contributed by atoms with van der Waals surface area (Å²) in [6, 6.07) is 4.77. The Kier molecular flexibility index (Phi) is 4.01. The molecule has 88 valence electrons. The predicted molar refractivity (Wildman–Crippen MR) is 64.2 cm³/mol. The first-order valence-electron chi connectivity index (χ1n) is 4.69. The van der Waals surface area contributed by atoms with Gasteiger partial charge >= 0.3 is 0 Å². The molecule has 0 spiro atoms. The van der Waals surface area contributed by atoms with Gasteiger partial charge in [-0.15, -0.1) is 0 Å². The fraction of sp³-hybridized carbons (Fsp3) is 0.400. The van der Waals surface area contributed by atoms with Gasteiger partial charge in [0.1, 0.15) is 0 Å². The van der Waals surface area contributed by atoms with E-state index in [9.17, 15) is 10.1 Å². The summed E-state index contributed by atoms with van der Waals surface area (Å²) in [5.41, 5.74) is 5.74. The zero-order valence-electron chi connectivity index (χ0n) is 8.81. The van der Waals surface area contributed by atoms with E-state index in [2.05, 4.69) is 15.9 Å². The highest BCUT2D eigenvalue weighted by Crippen LogP contribution is 2.29. The van der Waals surface area contributed by atoms with Crippen molar-refractivity contribution in [2.75, 3.05) is 6.61 Å². The van der Waals surface area contributed by atoms with E-state index in [4.69, 9.17) is 10.8 Å². The van der Waals surface area contributed by atoms with Crippen LogP contribution in [-0.2, 0) is 6.42 Å². The van der Waals surface area contributed by atoms with Gasteiger partial charge in [-0.1, -0.05) is 12.1 Å². The molecule has 0 fully saturated rings. The number of nitro groups is 1. The second-order valence-corrected chi connectivity index (χ2v) is 4.79. The van der Waals surface area contributed by atoms with Crippen LogP contribution in [0.1, 0.15) is 12.5 Å². The first kappa shape index (κ1) is 13.1. The lowest BCUT2D eigenvalue weighted by atomic mass is 9.95. The maximum absolute atomic E-state index is 10.7. The average molecular weight is 289 g/mol. The molecule has 5 nitrogen and oxygen atoms in total. The van der Waals surface area contributed by atoms with E-state index in [1.807, 2.05) is 0 Å². The molecule has 0 radical (unpaired) electrons. The van der Waals surface area contributed by atoms with Crippen LogP contribution in [0.5, 0.6) is 0 Å². The number of halogens is 1. The second-order valence-electron chi connectivity index (χ2n) is 4.00. The summed E-state index contributed by atoms with van der Waals surface area (Å²) in [4.78, 5) is 10.2. The Balaban J connectivity index is 3.07. The van der Waals surface area contributed by atoms with Crippen molar-refractivity contribution in [2.24, 2.45) is 5.73 Å². The first-order valence-corrected chi connectivity index (χ1v) is 5.48. The largest absolute Gasteiger partial charge is 0.394 e. The van der Waals surface area contributed by atoms with Crippen molar-refractivity contribution in [1.82, 2.24) is 0 Å². The normalized spacial score (nSPS) is 14.5. The topological polar surface area (TPSA) is 89.4 Å². The monoisotopic (exact) mass is 288 g/mol. The van der Waals surface area contributed by atoms with E-state index < -0.39 is 10.5 Å². The fourth-order valence-corrected chi connectivity index (χ4v) is 1.88. The third-order valence-corrected chi connectivity index (χ3v) is 3.13. The standard InChI is InChI=1S/C10H13BrN2O3/c1-10(12,6-14)5-7-3-2-4-8(9(7)11)13(15)16/h2-4,14H,5-6,12H2,1H3. The zero-order chi connectivity index (χ0) is 12.3. The summed E-state index contributed by atoms with van der Waals surface area (Å²) in [5, 5.41) is 19.8. The van der Waals surface area contributed by atoms with Crippen molar-refractivity contribution in [3.8, 4) is 0 Å². The number of rotatable bonds is 4. The van der Waals surface area contributed by atoms with Gasteiger partial charge in [0.25, 0.3) is 5.69 Å². The molecule has 1 aromatic carbocycles. The Hall–Kier alpha value is -0.980. The number of hydrogen-bond donors (Lipinski definition) is 2. The molecule has 0 saturated heterocycles. The number of nitrogens with two attached hydrogens (primary N) is 1. The number of benzene rings is 1. The van der Waals surface area contributed by atoms with Crippen molar-refractivity contribution in [1.29, 1.82) is 0 Å². The molecule has 3 N–H and O–H groups in total. The molecule has 1 aromatic rings. The van der Waals surface area contributed by atoms with Gasteiger partial charge in [0.2, 0.25) is 0 Å². The highest BCUT2D eigenvalue weighted by molar-refractivity contribution is 9.10. The summed E-state index contributed by atoms with van der Waals surface area (Å²) in [7, 11) is 0. The SMILES string of the molecule is CC(N)(CO)Cc1cccc([N+](=O)[O-])c1Br. The predicted octanol–water partition coefficient (Wildman–Crippen LogP) is 1.61. The molecule has 0 aromatic heterocycles. The Labute approximate surface area is 102 Å². The summed E-state index contributed by atoms with van der Waals surface area (Å²) in [6.07, 6.45) is 0.367. The van der Waals surface area contributed by atoms with E-state index >= 15 is 0 Å². The van der Waals surface area contributed by atoms with E-state index in [1.165, 1.54) is 6.07 Å². The Bertz CT molecular complexity index is 407. The molecule has 0 saturated carbocycles. The van der Waals surface area contributed by atoms with Crippen molar-refractivity contribution >= 4 is 21.6 Å². The van der Waals surface area contributed by atoms with Gasteiger partial charge in [-0.25, -0.2) is 0 Å². The van der Waals surface area contributed by atoms with Crippen LogP contribution in [-0.4, -0.2) is 22.2 Å². The van der Waals surface area contributed by atoms with Crippen LogP contribution < -0.4 is 5.73 Å². The number of aliphatic hydroxyl groups excluding tert-OH is 1. The Morgan fingerprint density at radius 1 is 1.62 bits per heavy atom. The molecule has 0 amide bonds. The lowest BCUT2D eigenvalue weighted by Crippen LogP contribution is -2.42. The summed E-state index contributed by atoms with van der Waals surface area (Å²) in [5.74, 6) is 0. The molecule has 1 rings (SSSR count). The van der Waals surface area contributed by atoms with Gasteiger partial charge in [0.15, 0.2) is 0 Å². The van der Waals surface area contributed by atoms with Crippen LogP contribution in [0, 0.1) is 10.1 Å². The summed E-state index contributed by atoms with van der Waals surface area (Å²) in [6.45, 7) is 1.51. The van der Waals surface area contributed by atoms with Gasteiger partial charge in [0.05, 0.1) is 16.0 Å². The number of aliphatic hydroxyl groups is 1. The maximum atomic E-state index is 10.7. The van der Waals surface area contributed by atoms with E-state index in [0.717, 1.165) is 0 Å². The van der Waals surface area contributed by atoms with Gasteiger partial charge < -0.3 is 10.8 Å². The first-order chi connectivity index (χ1) is 7.37. The number of nitro benzene ring substituents is 1. The fourth-order valence-electron chi connectivity index (χ4n) is 1.33. The molecule has 6 heteroatoms. The summed E-state index contributed by atoms with van der Waals surface area (Å²) >= 11 is 3.18. The molecule has 0 aliphatic rings. The molecule has 1 atom stereocenters.